The largest absolute Gasteiger partial charge is 0.481 e. The van der Waals surface area contributed by atoms with Crippen molar-refractivity contribution in [3.63, 3.8) is 0 Å². The Labute approximate surface area is 142 Å². The molecule has 1 aliphatic heterocycles. The van der Waals surface area contributed by atoms with Gasteiger partial charge in [-0.05, 0) is 38.2 Å². The van der Waals surface area contributed by atoms with E-state index in [0.29, 0.717) is 24.5 Å². The van der Waals surface area contributed by atoms with E-state index in [1.54, 1.807) is 18.7 Å². The second kappa shape index (κ2) is 8.68. The number of aliphatic carboxylic acids is 1. The van der Waals surface area contributed by atoms with Crippen LogP contribution in [0.1, 0.15) is 27.2 Å². The molecule has 0 saturated heterocycles. The molecule has 4 unspecified atom stereocenters. The molecule has 0 radical (unpaired) electrons. The van der Waals surface area contributed by atoms with E-state index in [9.17, 15) is 14.7 Å². The lowest BCUT2D eigenvalue weighted by Crippen LogP contribution is -2.54. The third-order valence-corrected chi connectivity index (χ3v) is 5.42. The molecule has 0 saturated carbocycles. The van der Waals surface area contributed by atoms with Gasteiger partial charge in [0.05, 0.1) is 24.0 Å². The first-order valence-corrected chi connectivity index (χ1v) is 9.14. The zero-order chi connectivity index (χ0) is 17.6. The lowest BCUT2D eigenvalue weighted by atomic mass is 9.62. The molecular formula is C16H27NO5S. The highest BCUT2D eigenvalue weighted by Gasteiger charge is 2.55. The average Bonchev–Trinajstić information content (AvgIpc) is 2.47. The van der Waals surface area contributed by atoms with Crippen molar-refractivity contribution in [2.75, 3.05) is 32.3 Å². The quantitative estimate of drug-likeness (QED) is 0.536. The van der Waals surface area contributed by atoms with E-state index in [0.717, 1.165) is 0 Å². The van der Waals surface area contributed by atoms with Gasteiger partial charge >= 0.3 is 11.9 Å². The summed E-state index contributed by atoms with van der Waals surface area (Å²) in [5.74, 6) is -1.60. The molecule has 0 spiro atoms. The van der Waals surface area contributed by atoms with Crippen molar-refractivity contribution in [3.05, 3.63) is 0 Å². The number of carboxylic acids is 1. The first-order chi connectivity index (χ1) is 10.8. The second-order valence-electron chi connectivity index (χ2n) is 5.96. The molecule has 1 N–H and O–H groups in total. The molecule has 23 heavy (non-hydrogen) atoms. The number of rotatable bonds is 8. The summed E-state index contributed by atoms with van der Waals surface area (Å²) in [7, 11) is 1.53. The number of carbonyl (C=O) groups excluding carboxylic acids is 1. The highest BCUT2D eigenvalue weighted by atomic mass is 32.2. The van der Waals surface area contributed by atoms with Gasteiger partial charge in [-0.2, -0.15) is 11.8 Å². The number of hydrogen-bond donors (Lipinski definition) is 1. The molecule has 1 rings (SSSR count). The summed E-state index contributed by atoms with van der Waals surface area (Å²) >= 11 is 1.60. The number of hydrogen-bond acceptors (Lipinski definition) is 6. The van der Waals surface area contributed by atoms with Crippen molar-refractivity contribution in [2.45, 2.75) is 33.2 Å². The molecule has 0 aromatic heterocycles. The summed E-state index contributed by atoms with van der Waals surface area (Å²) in [6, 6.07) is -0.370. The van der Waals surface area contributed by atoms with Gasteiger partial charge in [-0.15, -0.1) is 0 Å². The monoisotopic (exact) mass is 345 g/mol. The van der Waals surface area contributed by atoms with Crippen LogP contribution in [0.3, 0.4) is 0 Å². The van der Waals surface area contributed by atoms with Crippen molar-refractivity contribution >= 4 is 29.4 Å². The maximum absolute atomic E-state index is 12.4. The summed E-state index contributed by atoms with van der Waals surface area (Å²) < 4.78 is 10.1. The lowest BCUT2D eigenvalue weighted by Gasteiger charge is -2.45. The minimum absolute atomic E-state index is 0.159. The Morgan fingerprint density at radius 2 is 2.00 bits per heavy atom. The van der Waals surface area contributed by atoms with E-state index in [2.05, 4.69) is 4.99 Å². The van der Waals surface area contributed by atoms with Crippen LogP contribution < -0.4 is 0 Å². The van der Waals surface area contributed by atoms with Gasteiger partial charge in [0.15, 0.2) is 0 Å². The molecule has 132 valence electrons. The molecule has 0 fully saturated rings. The Bertz CT molecular complexity index is 467. The average molecular weight is 345 g/mol. The van der Waals surface area contributed by atoms with Gasteiger partial charge in [0.1, 0.15) is 6.61 Å². The fraction of sp³-hybridized carbons (Fsp3) is 0.812. The van der Waals surface area contributed by atoms with E-state index < -0.39 is 23.3 Å². The highest BCUT2D eigenvalue weighted by molar-refractivity contribution is 7.98. The van der Waals surface area contributed by atoms with E-state index in [1.807, 2.05) is 20.1 Å². The zero-order valence-corrected chi connectivity index (χ0v) is 15.3. The molecule has 0 aliphatic carbocycles. The maximum Gasteiger partial charge on any atom is 0.315 e. The van der Waals surface area contributed by atoms with E-state index >= 15 is 0 Å². The smallest absolute Gasteiger partial charge is 0.315 e. The van der Waals surface area contributed by atoms with Crippen LogP contribution in [-0.2, 0) is 19.1 Å². The molecule has 6 nitrogen and oxygen atoms in total. The van der Waals surface area contributed by atoms with Gasteiger partial charge < -0.3 is 14.6 Å². The lowest BCUT2D eigenvalue weighted by molar-refractivity contribution is -0.160. The number of aliphatic imine (C=N–C) groups is 1. The Morgan fingerprint density at radius 3 is 2.52 bits per heavy atom. The number of nitrogens with zero attached hydrogens (tertiary/aromatic N) is 1. The van der Waals surface area contributed by atoms with Gasteiger partial charge in [-0.25, -0.2) is 0 Å². The number of thioether (sulfide) groups is 1. The molecule has 0 bridgehead atoms. The number of esters is 1. The normalized spacial score (nSPS) is 30.7. The number of ether oxygens (including phenoxy) is 2. The van der Waals surface area contributed by atoms with Crippen LogP contribution in [0.15, 0.2) is 4.99 Å². The Morgan fingerprint density at radius 1 is 1.35 bits per heavy atom. The summed E-state index contributed by atoms with van der Waals surface area (Å²) in [6.45, 7) is 5.89. The molecule has 1 aliphatic rings. The Kier molecular flexibility index (Phi) is 7.54. The van der Waals surface area contributed by atoms with Crippen LogP contribution in [0.4, 0.5) is 0 Å². The van der Waals surface area contributed by atoms with Crippen LogP contribution in [0.5, 0.6) is 0 Å². The van der Waals surface area contributed by atoms with Crippen molar-refractivity contribution in [1.29, 1.82) is 0 Å². The van der Waals surface area contributed by atoms with Gasteiger partial charge in [0.25, 0.3) is 0 Å². The van der Waals surface area contributed by atoms with Gasteiger partial charge in [0, 0.05) is 12.8 Å². The topological polar surface area (TPSA) is 85.2 Å². The van der Waals surface area contributed by atoms with Crippen LogP contribution in [0.2, 0.25) is 0 Å². The SMILES string of the molecule is COCCOC(=O)C1C(C)=NC(C)C(CCSC)(C(=O)O)C1C. The minimum atomic E-state index is -1.05. The molecule has 0 aromatic rings. The Hall–Kier alpha value is -1.08. The molecular weight excluding hydrogens is 318 g/mol. The number of methoxy groups -OCH3 is 1. The van der Waals surface area contributed by atoms with E-state index in [4.69, 9.17) is 9.47 Å². The van der Waals surface area contributed by atoms with Crippen molar-refractivity contribution < 1.29 is 24.2 Å². The third-order valence-electron chi connectivity index (χ3n) is 4.81. The van der Waals surface area contributed by atoms with Crippen LogP contribution >= 0.6 is 11.8 Å². The minimum Gasteiger partial charge on any atom is -0.481 e. The Balaban J connectivity index is 3.11. The molecule has 4 atom stereocenters. The standard InChI is InChI=1S/C16H27NO5S/c1-10-13(14(18)22-8-7-21-4)11(2)17-12(3)16(10,15(19)20)6-9-23-5/h10,12-13H,6-9H2,1-5H3,(H,19,20). The number of carbonyl (C=O) groups is 2. The van der Waals surface area contributed by atoms with Crippen LogP contribution in [-0.4, -0.2) is 61.1 Å². The summed E-state index contributed by atoms with van der Waals surface area (Å²) in [4.78, 5) is 29.0. The fourth-order valence-corrected chi connectivity index (χ4v) is 3.96. The summed E-state index contributed by atoms with van der Waals surface area (Å²) in [5.41, 5.74) is -0.401. The van der Waals surface area contributed by atoms with Crippen molar-refractivity contribution in [2.24, 2.45) is 22.2 Å². The van der Waals surface area contributed by atoms with Gasteiger partial charge in [0.2, 0.25) is 0 Å². The fourth-order valence-electron chi connectivity index (χ4n) is 3.42. The predicted octanol–water partition coefficient (Wildman–Crippen LogP) is 2.12. The zero-order valence-electron chi connectivity index (χ0n) is 14.5. The molecule has 1 heterocycles. The first kappa shape index (κ1) is 20.0. The number of carboxylic acid groups (broad SMARTS) is 1. The van der Waals surface area contributed by atoms with Gasteiger partial charge in [-0.1, -0.05) is 6.92 Å². The van der Waals surface area contributed by atoms with Gasteiger partial charge in [-0.3, -0.25) is 14.6 Å². The maximum atomic E-state index is 12.4. The van der Waals surface area contributed by atoms with Crippen LogP contribution in [0.25, 0.3) is 0 Å². The highest BCUT2D eigenvalue weighted by Crippen LogP contribution is 2.46. The third kappa shape index (κ3) is 4.07. The van der Waals surface area contributed by atoms with E-state index in [1.165, 1.54) is 7.11 Å². The molecule has 0 amide bonds. The first-order valence-electron chi connectivity index (χ1n) is 7.75. The van der Waals surface area contributed by atoms with Crippen LogP contribution in [0, 0.1) is 17.3 Å². The second-order valence-corrected chi connectivity index (χ2v) is 6.95. The van der Waals surface area contributed by atoms with E-state index in [-0.39, 0.29) is 18.6 Å². The summed E-state index contributed by atoms with van der Waals surface area (Å²) in [5, 5.41) is 9.91. The van der Waals surface area contributed by atoms with Crippen molar-refractivity contribution in [1.82, 2.24) is 0 Å². The van der Waals surface area contributed by atoms with Crippen molar-refractivity contribution in [3.8, 4) is 0 Å². The summed E-state index contributed by atoms with van der Waals surface area (Å²) in [6.07, 6.45) is 2.42. The molecule has 7 heteroatoms. The molecule has 0 aromatic carbocycles. The predicted molar refractivity (Wildman–Crippen MR) is 91.1 cm³/mol.